The average Bonchev–Trinajstić information content (AvgIpc) is 3.33. The summed E-state index contributed by atoms with van der Waals surface area (Å²) >= 11 is 0. The molecule has 0 saturated heterocycles. The molecule has 0 atom stereocenters. The molecule has 2 heterocycles. The number of hydrogen-bond acceptors (Lipinski definition) is 7. The standard InChI is InChI=1S/C23H18N2O6/c1-2-29-16-10-11-17-19(13-16)25(28)21(22(26)15-7-4-3-5-8-15)18(24-17)14-31-23(27)20-9-6-12-30-20/h3-13H,2,14H2,1H3. The van der Waals surface area contributed by atoms with Crippen LogP contribution in [0.4, 0.5) is 0 Å². The molecule has 0 aliphatic carbocycles. The molecule has 4 aromatic rings. The molecule has 8 nitrogen and oxygen atoms in total. The van der Waals surface area contributed by atoms with E-state index in [1.165, 1.54) is 18.4 Å². The van der Waals surface area contributed by atoms with Gasteiger partial charge in [-0.15, -0.1) is 0 Å². The van der Waals surface area contributed by atoms with Crippen LogP contribution < -0.4 is 9.47 Å². The third kappa shape index (κ3) is 4.09. The number of benzene rings is 2. The Balaban J connectivity index is 1.79. The number of ether oxygens (including phenoxy) is 2. The van der Waals surface area contributed by atoms with Gasteiger partial charge in [-0.2, -0.15) is 4.73 Å². The Kier molecular flexibility index (Phi) is 5.61. The molecule has 0 bridgehead atoms. The number of furan rings is 1. The molecule has 0 aliphatic rings. The van der Waals surface area contributed by atoms with E-state index in [2.05, 4.69) is 4.98 Å². The molecular formula is C23H18N2O6. The maximum absolute atomic E-state index is 13.2. The summed E-state index contributed by atoms with van der Waals surface area (Å²) in [4.78, 5) is 29.8. The molecule has 0 radical (unpaired) electrons. The Morgan fingerprint density at radius 1 is 1.10 bits per heavy atom. The van der Waals surface area contributed by atoms with Gasteiger partial charge in [0, 0.05) is 5.56 Å². The zero-order chi connectivity index (χ0) is 21.8. The minimum absolute atomic E-state index is 0.00748. The van der Waals surface area contributed by atoms with Crippen LogP contribution in [0.15, 0.2) is 71.3 Å². The summed E-state index contributed by atoms with van der Waals surface area (Å²) in [5, 5.41) is 13.2. The normalized spacial score (nSPS) is 10.7. The van der Waals surface area contributed by atoms with Crippen LogP contribution in [-0.2, 0) is 11.3 Å². The first-order valence-electron chi connectivity index (χ1n) is 9.58. The number of aromatic nitrogens is 2. The first-order chi connectivity index (χ1) is 15.1. The number of esters is 1. The number of carbonyl (C=O) groups is 2. The molecule has 156 valence electrons. The van der Waals surface area contributed by atoms with Crippen molar-refractivity contribution in [1.29, 1.82) is 0 Å². The third-order valence-electron chi connectivity index (χ3n) is 4.52. The summed E-state index contributed by atoms with van der Waals surface area (Å²) in [6, 6.07) is 16.2. The van der Waals surface area contributed by atoms with E-state index in [0.29, 0.717) is 28.2 Å². The van der Waals surface area contributed by atoms with Gasteiger partial charge in [-0.25, -0.2) is 9.78 Å². The molecular weight excluding hydrogens is 400 g/mol. The van der Waals surface area contributed by atoms with E-state index in [0.717, 1.165) is 0 Å². The Bertz CT molecular complexity index is 1240. The molecule has 2 aromatic carbocycles. The molecule has 4 rings (SSSR count). The van der Waals surface area contributed by atoms with Crippen LogP contribution in [0, 0.1) is 5.21 Å². The van der Waals surface area contributed by atoms with E-state index >= 15 is 0 Å². The molecule has 0 amide bonds. The van der Waals surface area contributed by atoms with Crippen LogP contribution in [0.3, 0.4) is 0 Å². The van der Waals surface area contributed by atoms with Crippen LogP contribution in [0.1, 0.15) is 39.2 Å². The first-order valence-corrected chi connectivity index (χ1v) is 9.58. The summed E-state index contributed by atoms with van der Waals surface area (Å²) in [5.74, 6) is -0.769. The molecule has 0 unspecified atom stereocenters. The number of ketones is 1. The molecule has 8 heteroatoms. The molecule has 31 heavy (non-hydrogen) atoms. The number of nitrogens with zero attached hydrogens (tertiary/aromatic N) is 2. The fraction of sp³-hybridized carbons (Fsp3) is 0.130. The van der Waals surface area contributed by atoms with E-state index < -0.39 is 11.8 Å². The van der Waals surface area contributed by atoms with E-state index in [1.54, 1.807) is 48.5 Å². The number of fused-ring (bicyclic) bond motifs is 1. The number of carbonyl (C=O) groups excluding carboxylic acids is 2. The summed E-state index contributed by atoms with van der Waals surface area (Å²) < 4.78 is 16.2. The van der Waals surface area contributed by atoms with Gasteiger partial charge in [-0.3, -0.25) is 4.79 Å². The summed E-state index contributed by atoms with van der Waals surface area (Å²) in [5.41, 5.74) is 0.645. The highest BCUT2D eigenvalue weighted by Crippen LogP contribution is 2.21. The zero-order valence-corrected chi connectivity index (χ0v) is 16.6. The van der Waals surface area contributed by atoms with Crippen molar-refractivity contribution in [1.82, 2.24) is 4.98 Å². The summed E-state index contributed by atoms with van der Waals surface area (Å²) in [6.07, 6.45) is 1.34. The van der Waals surface area contributed by atoms with E-state index in [-0.39, 0.29) is 29.3 Å². The van der Waals surface area contributed by atoms with Crippen molar-refractivity contribution in [3.05, 3.63) is 94.8 Å². The second-order valence-electron chi connectivity index (χ2n) is 6.53. The minimum Gasteiger partial charge on any atom is -0.618 e. The van der Waals surface area contributed by atoms with Crippen LogP contribution in [0.25, 0.3) is 11.0 Å². The smallest absolute Gasteiger partial charge is 0.374 e. The fourth-order valence-corrected chi connectivity index (χ4v) is 3.10. The average molecular weight is 418 g/mol. The van der Waals surface area contributed by atoms with Crippen molar-refractivity contribution in [2.24, 2.45) is 0 Å². The molecule has 0 fully saturated rings. The van der Waals surface area contributed by atoms with Crippen molar-refractivity contribution in [2.45, 2.75) is 13.5 Å². The lowest BCUT2D eigenvalue weighted by Gasteiger charge is -2.12. The maximum atomic E-state index is 13.2. The van der Waals surface area contributed by atoms with Crippen molar-refractivity contribution in [3.8, 4) is 5.75 Å². The highest BCUT2D eigenvalue weighted by atomic mass is 16.5. The van der Waals surface area contributed by atoms with Gasteiger partial charge in [0.25, 0.3) is 11.5 Å². The van der Waals surface area contributed by atoms with Gasteiger partial charge < -0.3 is 19.1 Å². The Morgan fingerprint density at radius 3 is 2.61 bits per heavy atom. The van der Waals surface area contributed by atoms with E-state index in [9.17, 15) is 14.8 Å². The monoisotopic (exact) mass is 418 g/mol. The van der Waals surface area contributed by atoms with Crippen LogP contribution >= 0.6 is 0 Å². The van der Waals surface area contributed by atoms with Gasteiger partial charge in [-0.1, -0.05) is 30.3 Å². The van der Waals surface area contributed by atoms with Gasteiger partial charge in [0.05, 0.1) is 18.9 Å². The van der Waals surface area contributed by atoms with Gasteiger partial charge in [0.1, 0.15) is 17.9 Å². The van der Waals surface area contributed by atoms with E-state index in [1.807, 2.05) is 6.92 Å². The largest absolute Gasteiger partial charge is 0.618 e. The predicted octanol–water partition coefficient (Wildman–Crippen LogP) is 3.45. The molecule has 2 aromatic heterocycles. The lowest BCUT2D eigenvalue weighted by Crippen LogP contribution is -2.38. The Morgan fingerprint density at radius 2 is 1.90 bits per heavy atom. The number of rotatable bonds is 7. The molecule has 0 aliphatic heterocycles. The molecule has 0 spiro atoms. The van der Waals surface area contributed by atoms with E-state index in [4.69, 9.17) is 13.9 Å². The van der Waals surface area contributed by atoms with Crippen LogP contribution in [0.2, 0.25) is 0 Å². The minimum atomic E-state index is -0.728. The van der Waals surface area contributed by atoms with Gasteiger partial charge >= 0.3 is 5.97 Å². The third-order valence-corrected chi connectivity index (χ3v) is 4.52. The lowest BCUT2D eigenvalue weighted by molar-refractivity contribution is -0.580. The lowest BCUT2D eigenvalue weighted by atomic mass is 10.1. The van der Waals surface area contributed by atoms with Crippen molar-refractivity contribution in [3.63, 3.8) is 0 Å². The number of hydrogen-bond donors (Lipinski definition) is 0. The molecule has 0 saturated carbocycles. The highest BCUT2D eigenvalue weighted by Gasteiger charge is 2.28. The van der Waals surface area contributed by atoms with Crippen molar-refractivity contribution < 1.29 is 28.2 Å². The van der Waals surface area contributed by atoms with Crippen molar-refractivity contribution >= 4 is 22.8 Å². The Labute approximate surface area is 177 Å². The topological polar surface area (TPSA) is 106 Å². The van der Waals surface area contributed by atoms with Crippen molar-refractivity contribution in [2.75, 3.05) is 6.61 Å². The summed E-state index contributed by atoms with van der Waals surface area (Å²) in [6.45, 7) is 1.88. The fourth-order valence-electron chi connectivity index (χ4n) is 3.10. The van der Waals surface area contributed by atoms with Crippen LogP contribution in [0.5, 0.6) is 5.75 Å². The van der Waals surface area contributed by atoms with Crippen LogP contribution in [-0.4, -0.2) is 23.3 Å². The predicted molar refractivity (Wildman–Crippen MR) is 110 cm³/mol. The SMILES string of the molecule is CCOc1ccc2nc(COC(=O)c3ccco3)c(C(=O)c3ccccc3)[n+]([O-])c2c1. The van der Waals surface area contributed by atoms with Gasteiger partial charge in [0.15, 0.2) is 5.69 Å². The maximum Gasteiger partial charge on any atom is 0.374 e. The first kappa shape index (κ1) is 20.1. The summed E-state index contributed by atoms with van der Waals surface area (Å²) in [7, 11) is 0. The second kappa shape index (κ2) is 8.66. The zero-order valence-electron chi connectivity index (χ0n) is 16.6. The van der Waals surface area contributed by atoms with Gasteiger partial charge in [-0.05, 0) is 31.2 Å². The second-order valence-corrected chi connectivity index (χ2v) is 6.53. The quantitative estimate of drug-likeness (QED) is 0.196. The highest BCUT2D eigenvalue weighted by molar-refractivity contribution is 6.07. The molecule has 0 N–H and O–H groups in total. The Hall–Kier alpha value is -4.20. The van der Waals surface area contributed by atoms with Gasteiger partial charge in [0.2, 0.25) is 11.3 Å².